The molecule has 0 spiro atoms. The smallest absolute Gasteiger partial charge is 0.303 e. The third kappa shape index (κ3) is 10.0. The number of carboxylic acid groups (broad SMARTS) is 1. The van der Waals surface area contributed by atoms with Gasteiger partial charge in [0.25, 0.3) is 11.8 Å². The van der Waals surface area contributed by atoms with Crippen molar-refractivity contribution in [1.29, 1.82) is 0 Å². The fraction of sp³-hybridized carbons (Fsp3) is 0.346. The Bertz CT molecular complexity index is 937. The monoisotopic (exact) mass is 452 g/mol. The quantitative estimate of drug-likeness (QED) is 0.311. The second-order valence-corrected chi connectivity index (χ2v) is 8.11. The van der Waals surface area contributed by atoms with Crippen LogP contribution in [0, 0.1) is 5.92 Å². The van der Waals surface area contributed by atoms with Gasteiger partial charge >= 0.3 is 5.97 Å². The Morgan fingerprint density at radius 2 is 1.67 bits per heavy atom. The minimum absolute atomic E-state index is 0.116. The molecule has 7 heteroatoms. The Labute approximate surface area is 194 Å². The van der Waals surface area contributed by atoms with E-state index in [9.17, 15) is 14.4 Å². The molecule has 0 bridgehead atoms. The molecule has 0 aromatic heterocycles. The predicted molar refractivity (Wildman–Crippen MR) is 128 cm³/mol. The molecule has 0 saturated heterocycles. The molecule has 0 radical (unpaired) electrons. The number of ether oxygens (including phenoxy) is 1. The molecule has 2 aromatic rings. The number of carbonyl (C=O) groups excluding carboxylic acids is 2. The lowest BCUT2D eigenvalue weighted by molar-refractivity contribution is -0.137. The maximum Gasteiger partial charge on any atom is 0.303 e. The van der Waals surface area contributed by atoms with E-state index in [0.717, 1.165) is 5.56 Å². The van der Waals surface area contributed by atoms with Crippen molar-refractivity contribution in [3.63, 3.8) is 0 Å². The summed E-state index contributed by atoms with van der Waals surface area (Å²) in [6.07, 6.45) is 3.65. The van der Waals surface area contributed by atoms with Crippen LogP contribution in [0.1, 0.15) is 55.5 Å². The van der Waals surface area contributed by atoms with Crippen LogP contribution in [0.5, 0.6) is 5.75 Å². The van der Waals surface area contributed by atoms with Gasteiger partial charge in [0.15, 0.2) is 0 Å². The molecule has 3 N–H and O–H groups in total. The van der Waals surface area contributed by atoms with E-state index in [0.29, 0.717) is 49.6 Å². The van der Waals surface area contributed by atoms with E-state index in [1.54, 1.807) is 30.3 Å². The van der Waals surface area contributed by atoms with Crippen molar-refractivity contribution in [3.05, 3.63) is 71.4 Å². The fourth-order valence-electron chi connectivity index (χ4n) is 2.91. The highest BCUT2D eigenvalue weighted by molar-refractivity contribution is 6.05. The molecule has 2 aromatic carbocycles. The Morgan fingerprint density at radius 3 is 2.30 bits per heavy atom. The summed E-state index contributed by atoms with van der Waals surface area (Å²) in [5, 5.41) is 14.2. The van der Waals surface area contributed by atoms with Gasteiger partial charge in [-0.2, -0.15) is 0 Å². The molecule has 0 heterocycles. The molecule has 0 aliphatic rings. The lowest BCUT2D eigenvalue weighted by atomic mass is 10.1. The topological polar surface area (TPSA) is 105 Å². The normalized spacial score (nSPS) is 11.2. The number of aliphatic carboxylic acids is 1. The van der Waals surface area contributed by atoms with Crippen LogP contribution in [0.3, 0.4) is 0 Å². The van der Waals surface area contributed by atoms with Crippen molar-refractivity contribution < 1.29 is 24.2 Å². The van der Waals surface area contributed by atoms with Gasteiger partial charge in [-0.3, -0.25) is 14.4 Å². The van der Waals surface area contributed by atoms with Crippen LogP contribution in [0.2, 0.25) is 0 Å². The van der Waals surface area contributed by atoms with E-state index < -0.39 is 17.8 Å². The van der Waals surface area contributed by atoms with Crippen LogP contribution in [-0.4, -0.2) is 36.0 Å². The van der Waals surface area contributed by atoms with Gasteiger partial charge in [-0.25, -0.2) is 0 Å². The lowest BCUT2D eigenvalue weighted by Crippen LogP contribution is -2.35. The highest BCUT2D eigenvalue weighted by Crippen LogP contribution is 2.14. The second kappa shape index (κ2) is 13.7. The molecule has 0 atom stereocenters. The first-order valence-electron chi connectivity index (χ1n) is 11.2. The molecule has 0 saturated carbocycles. The van der Waals surface area contributed by atoms with Gasteiger partial charge in [-0.05, 0) is 54.7 Å². The molecule has 2 amide bonds. The number of carbonyl (C=O) groups is 3. The highest BCUT2D eigenvalue weighted by Gasteiger charge is 2.15. The predicted octanol–water partition coefficient (Wildman–Crippen LogP) is 4.25. The SMILES string of the molecule is CC(C)COc1ccc(C(=O)N/C(=C\c2ccccc2)C(=O)NCCCCCC(=O)O)cc1. The fourth-order valence-corrected chi connectivity index (χ4v) is 2.91. The summed E-state index contributed by atoms with van der Waals surface area (Å²) >= 11 is 0. The summed E-state index contributed by atoms with van der Waals surface area (Å²) in [7, 11) is 0. The molecule has 0 fully saturated rings. The highest BCUT2D eigenvalue weighted by atomic mass is 16.5. The van der Waals surface area contributed by atoms with Crippen molar-refractivity contribution in [1.82, 2.24) is 10.6 Å². The Hall–Kier alpha value is -3.61. The molecule has 0 unspecified atom stereocenters. The van der Waals surface area contributed by atoms with Gasteiger partial charge in [0.2, 0.25) is 0 Å². The van der Waals surface area contributed by atoms with Crippen LogP contribution in [0.15, 0.2) is 60.3 Å². The molecule has 33 heavy (non-hydrogen) atoms. The third-order valence-electron chi connectivity index (χ3n) is 4.66. The van der Waals surface area contributed by atoms with Gasteiger partial charge < -0.3 is 20.5 Å². The first-order valence-corrected chi connectivity index (χ1v) is 11.2. The zero-order valence-corrected chi connectivity index (χ0v) is 19.2. The number of nitrogens with one attached hydrogen (secondary N) is 2. The van der Waals surface area contributed by atoms with Crippen molar-refractivity contribution in [2.75, 3.05) is 13.2 Å². The van der Waals surface area contributed by atoms with Gasteiger partial charge in [-0.15, -0.1) is 0 Å². The van der Waals surface area contributed by atoms with E-state index in [2.05, 4.69) is 24.5 Å². The Kier molecular flexibility index (Phi) is 10.7. The van der Waals surface area contributed by atoms with E-state index in [-0.39, 0.29) is 12.1 Å². The maximum absolute atomic E-state index is 12.8. The molecule has 176 valence electrons. The number of unbranched alkanes of at least 4 members (excludes halogenated alkanes) is 2. The van der Waals surface area contributed by atoms with Crippen molar-refractivity contribution in [2.45, 2.75) is 39.5 Å². The summed E-state index contributed by atoms with van der Waals surface area (Å²) < 4.78 is 5.65. The van der Waals surface area contributed by atoms with Crippen molar-refractivity contribution >= 4 is 23.9 Å². The number of hydrogen-bond donors (Lipinski definition) is 3. The molecule has 0 aliphatic heterocycles. The zero-order valence-electron chi connectivity index (χ0n) is 19.2. The molecular formula is C26H32N2O5. The van der Waals surface area contributed by atoms with Gasteiger partial charge in [0.05, 0.1) is 6.61 Å². The number of hydrogen-bond acceptors (Lipinski definition) is 4. The molecular weight excluding hydrogens is 420 g/mol. The number of benzene rings is 2. The summed E-state index contributed by atoms with van der Waals surface area (Å²) in [4.78, 5) is 36.1. The van der Waals surface area contributed by atoms with Crippen molar-refractivity contribution in [2.24, 2.45) is 5.92 Å². The standard InChI is InChI=1S/C26H32N2O5/c1-19(2)18-33-22-14-12-21(13-15-22)25(31)28-23(17-20-9-5-3-6-10-20)26(32)27-16-8-4-7-11-24(29)30/h3,5-6,9-10,12-15,17,19H,4,7-8,11,16,18H2,1-2H3,(H,27,32)(H,28,31)(H,29,30)/b23-17-. The van der Waals surface area contributed by atoms with Crippen LogP contribution >= 0.6 is 0 Å². The Balaban J connectivity index is 2.01. The summed E-state index contributed by atoms with van der Waals surface area (Å²) in [6, 6.07) is 16.0. The van der Waals surface area contributed by atoms with E-state index in [1.165, 1.54) is 0 Å². The van der Waals surface area contributed by atoms with E-state index in [1.807, 2.05) is 30.3 Å². The van der Waals surface area contributed by atoms with Crippen LogP contribution in [-0.2, 0) is 9.59 Å². The Morgan fingerprint density at radius 1 is 0.970 bits per heavy atom. The van der Waals surface area contributed by atoms with Crippen LogP contribution in [0.4, 0.5) is 0 Å². The van der Waals surface area contributed by atoms with E-state index in [4.69, 9.17) is 9.84 Å². The average Bonchev–Trinajstić information content (AvgIpc) is 2.80. The number of amides is 2. The third-order valence-corrected chi connectivity index (χ3v) is 4.66. The number of rotatable bonds is 13. The van der Waals surface area contributed by atoms with Gasteiger partial charge in [0, 0.05) is 18.5 Å². The summed E-state index contributed by atoms with van der Waals surface area (Å²) in [6.45, 7) is 5.10. The molecule has 7 nitrogen and oxygen atoms in total. The summed E-state index contributed by atoms with van der Waals surface area (Å²) in [5.74, 6) is -0.545. The minimum Gasteiger partial charge on any atom is -0.493 e. The largest absolute Gasteiger partial charge is 0.493 e. The molecule has 2 rings (SSSR count). The number of carboxylic acids is 1. The van der Waals surface area contributed by atoms with Crippen molar-refractivity contribution in [3.8, 4) is 5.75 Å². The maximum atomic E-state index is 12.8. The van der Waals surface area contributed by atoms with E-state index >= 15 is 0 Å². The molecule has 0 aliphatic carbocycles. The minimum atomic E-state index is -0.825. The van der Waals surface area contributed by atoms with Crippen LogP contribution in [0.25, 0.3) is 6.08 Å². The van der Waals surface area contributed by atoms with Crippen LogP contribution < -0.4 is 15.4 Å². The van der Waals surface area contributed by atoms with Gasteiger partial charge in [0.1, 0.15) is 11.4 Å². The second-order valence-electron chi connectivity index (χ2n) is 8.11. The lowest BCUT2D eigenvalue weighted by Gasteiger charge is -2.12. The summed E-state index contributed by atoms with van der Waals surface area (Å²) in [5.41, 5.74) is 1.33. The first kappa shape index (κ1) is 25.6. The van der Waals surface area contributed by atoms with Gasteiger partial charge in [-0.1, -0.05) is 50.6 Å². The first-order chi connectivity index (χ1) is 15.8. The zero-order chi connectivity index (χ0) is 24.1. The average molecular weight is 453 g/mol.